The van der Waals surface area contributed by atoms with Gasteiger partial charge in [-0.05, 0) is 19.8 Å². The molecule has 1 N–H and O–H groups in total. The van der Waals surface area contributed by atoms with Crippen molar-refractivity contribution in [3.8, 4) is 0 Å². The monoisotopic (exact) mass is 494 g/mol. The summed E-state index contributed by atoms with van der Waals surface area (Å²) in [6.07, 6.45) is 2.62. The zero-order chi connectivity index (χ0) is 17.6. The average molecular weight is 494 g/mol. The highest BCUT2D eigenvalue weighted by molar-refractivity contribution is 14.0. The maximum Gasteiger partial charge on any atom is 0.194 e. The van der Waals surface area contributed by atoms with E-state index in [1.807, 2.05) is 0 Å². The topological polar surface area (TPSA) is 59.0 Å². The van der Waals surface area contributed by atoms with E-state index in [1.54, 1.807) is 11.3 Å². The van der Waals surface area contributed by atoms with Crippen LogP contribution in [0, 0.1) is 0 Å². The lowest BCUT2D eigenvalue weighted by molar-refractivity contribution is -0.0817. The predicted octanol–water partition coefficient (Wildman–Crippen LogP) is 3.23. The summed E-state index contributed by atoms with van der Waals surface area (Å²) in [5.41, 5.74) is 1.05. The summed E-state index contributed by atoms with van der Waals surface area (Å²) in [6, 6.07) is 0. The number of thiazole rings is 1. The summed E-state index contributed by atoms with van der Waals surface area (Å²) >= 11 is 1.72. The fourth-order valence-corrected chi connectivity index (χ4v) is 4.06. The van der Waals surface area contributed by atoms with Crippen molar-refractivity contribution in [1.29, 1.82) is 0 Å². The second-order valence-corrected chi connectivity index (χ2v) is 7.80. The lowest BCUT2D eigenvalue weighted by atomic mass is 10.1. The first-order valence-corrected chi connectivity index (χ1v) is 10.3. The highest BCUT2D eigenvalue weighted by Crippen LogP contribution is 2.22. The molecular weight excluding hydrogens is 463 g/mol. The molecule has 1 aromatic rings. The molecule has 0 saturated carbocycles. The molecule has 2 unspecified atom stereocenters. The number of rotatable bonds is 5. The van der Waals surface area contributed by atoms with E-state index in [-0.39, 0.29) is 36.2 Å². The van der Waals surface area contributed by atoms with Gasteiger partial charge in [-0.15, -0.1) is 35.3 Å². The predicted molar refractivity (Wildman–Crippen MR) is 117 cm³/mol. The average Bonchev–Trinajstić information content (AvgIpc) is 3.30. The molecule has 2 atom stereocenters. The largest absolute Gasteiger partial charge is 0.375 e. The smallest absolute Gasteiger partial charge is 0.194 e. The van der Waals surface area contributed by atoms with Crippen LogP contribution in [0.4, 0.5) is 0 Å². The van der Waals surface area contributed by atoms with Crippen molar-refractivity contribution in [3.63, 3.8) is 0 Å². The van der Waals surface area contributed by atoms with Crippen LogP contribution in [0.1, 0.15) is 50.2 Å². The number of hydrogen-bond acceptors (Lipinski definition) is 5. The number of aliphatic imine (C=N–C) groups is 1. The maximum absolute atomic E-state index is 5.95. The van der Waals surface area contributed by atoms with Gasteiger partial charge in [-0.25, -0.2) is 9.98 Å². The molecule has 8 heteroatoms. The van der Waals surface area contributed by atoms with Gasteiger partial charge in [-0.1, -0.05) is 13.8 Å². The minimum absolute atomic E-state index is 0. The van der Waals surface area contributed by atoms with E-state index in [4.69, 9.17) is 14.5 Å². The number of nitrogens with one attached hydrogen (secondary N) is 1. The van der Waals surface area contributed by atoms with E-state index in [0.717, 1.165) is 57.3 Å². The third kappa shape index (κ3) is 5.77. The molecule has 0 bridgehead atoms. The summed E-state index contributed by atoms with van der Waals surface area (Å²) in [7, 11) is 0. The Morgan fingerprint density at radius 1 is 1.38 bits per heavy atom. The SMILES string of the molecule is CCNC(=NCc1csc(C(C)C)n1)N1CCOC(C2CCCO2)C1.I. The minimum atomic E-state index is 0. The maximum atomic E-state index is 5.95. The van der Waals surface area contributed by atoms with Crippen molar-refractivity contribution < 1.29 is 9.47 Å². The molecule has 148 valence electrons. The number of morpholine rings is 1. The van der Waals surface area contributed by atoms with Crippen LogP contribution in [0.25, 0.3) is 0 Å². The van der Waals surface area contributed by atoms with Gasteiger partial charge in [0.15, 0.2) is 5.96 Å². The van der Waals surface area contributed by atoms with Gasteiger partial charge in [0.2, 0.25) is 0 Å². The molecule has 3 heterocycles. The van der Waals surface area contributed by atoms with E-state index in [0.29, 0.717) is 12.5 Å². The Morgan fingerprint density at radius 2 is 2.19 bits per heavy atom. The van der Waals surface area contributed by atoms with Gasteiger partial charge in [-0.3, -0.25) is 0 Å². The van der Waals surface area contributed by atoms with Crippen molar-refractivity contribution in [2.45, 2.75) is 58.3 Å². The molecule has 0 amide bonds. The van der Waals surface area contributed by atoms with Gasteiger partial charge < -0.3 is 19.7 Å². The van der Waals surface area contributed by atoms with Crippen LogP contribution in [0.5, 0.6) is 0 Å². The fraction of sp³-hybridized carbons (Fsp3) is 0.778. The minimum Gasteiger partial charge on any atom is -0.375 e. The zero-order valence-corrected chi connectivity index (χ0v) is 19.1. The molecule has 0 spiro atoms. The third-order valence-electron chi connectivity index (χ3n) is 4.56. The van der Waals surface area contributed by atoms with Crippen LogP contribution < -0.4 is 5.32 Å². The highest BCUT2D eigenvalue weighted by Gasteiger charge is 2.32. The van der Waals surface area contributed by atoms with Gasteiger partial charge in [0, 0.05) is 37.5 Å². The van der Waals surface area contributed by atoms with E-state index in [2.05, 4.69) is 41.4 Å². The van der Waals surface area contributed by atoms with Crippen molar-refractivity contribution in [3.05, 3.63) is 16.1 Å². The van der Waals surface area contributed by atoms with Gasteiger partial charge in [0.25, 0.3) is 0 Å². The van der Waals surface area contributed by atoms with Gasteiger partial charge in [0.05, 0.1) is 30.0 Å². The van der Waals surface area contributed by atoms with Crippen molar-refractivity contribution >= 4 is 41.3 Å². The fourth-order valence-electron chi connectivity index (χ4n) is 3.23. The number of hydrogen-bond donors (Lipinski definition) is 1. The summed E-state index contributed by atoms with van der Waals surface area (Å²) in [6.45, 7) is 11.2. The Kier molecular flexibility index (Phi) is 9.05. The number of aromatic nitrogens is 1. The Hall–Kier alpha value is -0.450. The highest BCUT2D eigenvalue weighted by atomic mass is 127. The summed E-state index contributed by atoms with van der Waals surface area (Å²) in [5.74, 6) is 1.43. The molecule has 2 aliphatic rings. The number of ether oxygens (including phenoxy) is 2. The third-order valence-corrected chi connectivity index (χ3v) is 5.76. The van der Waals surface area contributed by atoms with Crippen LogP contribution >= 0.6 is 35.3 Å². The van der Waals surface area contributed by atoms with Crippen LogP contribution in [0.3, 0.4) is 0 Å². The molecule has 2 aliphatic heterocycles. The van der Waals surface area contributed by atoms with Crippen LogP contribution in [-0.2, 0) is 16.0 Å². The second kappa shape index (κ2) is 10.8. The van der Waals surface area contributed by atoms with E-state index >= 15 is 0 Å². The standard InChI is InChI=1S/C18H30N4O2S.HI/c1-4-19-18(20-10-14-12-25-17(21-14)13(2)3)22-7-9-24-16(11-22)15-6-5-8-23-15;/h12-13,15-16H,4-11H2,1-3H3,(H,19,20);1H. The summed E-state index contributed by atoms with van der Waals surface area (Å²) < 4.78 is 11.8. The Bertz CT molecular complexity index is 575. The molecular formula is C18H31IN4O2S. The van der Waals surface area contributed by atoms with Crippen molar-refractivity contribution in [1.82, 2.24) is 15.2 Å². The second-order valence-electron chi connectivity index (χ2n) is 6.91. The first-order valence-electron chi connectivity index (χ1n) is 9.38. The van der Waals surface area contributed by atoms with Crippen LogP contribution in [0.2, 0.25) is 0 Å². The van der Waals surface area contributed by atoms with E-state index in [1.165, 1.54) is 5.01 Å². The zero-order valence-electron chi connectivity index (χ0n) is 15.9. The summed E-state index contributed by atoms with van der Waals surface area (Å²) in [5, 5.41) is 6.72. The molecule has 0 aromatic carbocycles. The first kappa shape index (κ1) is 21.8. The molecule has 1 aromatic heterocycles. The molecule has 0 aliphatic carbocycles. The first-order chi connectivity index (χ1) is 12.2. The van der Waals surface area contributed by atoms with Crippen molar-refractivity contribution in [2.75, 3.05) is 32.8 Å². The van der Waals surface area contributed by atoms with Gasteiger partial charge >= 0.3 is 0 Å². The molecule has 2 fully saturated rings. The van der Waals surface area contributed by atoms with Gasteiger partial charge in [0.1, 0.15) is 6.10 Å². The molecule has 6 nitrogen and oxygen atoms in total. The lowest BCUT2D eigenvalue weighted by Gasteiger charge is -2.37. The van der Waals surface area contributed by atoms with Gasteiger partial charge in [-0.2, -0.15) is 0 Å². The van der Waals surface area contributed by atoms with Crippen LogP contribution in [-0.4, -0.2) is 60.9 Å². The molecule has 0 radical (unpaired) electrons. The Morgan fingerprint density at radius 3 is 2.85 bits per heavy atom. The molecule has 2 saturated heterocycles. The molecule has 3 rings (SSSR count). The number of guanidine groups is 1. The summed E-state index contributed by atoms with van der Waals surface area (Å²) in [4.78, 5) is 11.8. The Balaban J connectivity index is 0.00000243. The van der Waals surface area contributed by atoms with E-state index in [9.17, 15) is 0 Å². The normalized spacial score (nSPS) is 24.0. The Labute approximate surface area is 177 Å². The van der Waals surface area contributed by atoms with Crippen LogP contribution in [0.15, 0.2) is 10.4 Å². The molecule has 26 heavy (non-hydrogen) atoms. The number of nitrogens with zero attached hydrogens (tertiary/aromatic N) is 3. The number of halogens is 1. The quantitative estimate of drug-likeness (QED) is 0.387. The van der Waals surface area contributed by atoms with Crippen molar-refractivity contribution in [2.24, 2.45) is 4.99 Å². The van der Waals surface area contributed by atoms with E-state index < -0.39 is 0 Å². The lowest BCUT2D eigenvalue weighted by Crippen LogP contribution is -2.53.